The summed E-state index contributed by atoms with van der Waals surface area (Å²) in [5.41, 5.74) is -0.450. The number of fused-ring (bicyclic) bond motifs is 2. The van der Waals surface area contributed by atoms with Crippen LogP contribution in [0.15, 0.2) is 54.7 Å². The standard InChI is InChI=1S/C21H14F3N3O3/c22-21(23,24)15-7-3-6-14-16(8-10-25-18(14)15)26-17(28)9-11-27-19(29)12-4-1-2-5-13(12)20(27)30/h1-8,10H,9,11H2,(H,25,26,28). The van der Waals surface area contributed by atoms with Gasteiger partial charge in [0.2, 0.25) is 5.91 Å². The molecule has 3 aromatic rings. The molecule has 3 amide bonds. The van der Waals surface area contributed by atoms with Crippen LogP contribution in [0.3, 0.4) is 0 Å². The number of halogens is 3. The van der Waals surface area contributed by atoms with Gasteiger partial charge < -0.3 is 5.32 Å². The van der Waals surface area contributed by atoms with Crippen LogP contribution >= 0.6 is 0 Å². The van der Waals surface area contributed by atoms with E-state index in [4.69, 9.17) is 0 Å². The summed E-state index contributed by atoms with van der Waals surface area (Å²) in [6.07, 6.45) is -3.60. The maximum atomic E-state index is 13.2. The van der Waals surface area contributed by atoms with Crippen molar-refractivity contribution in [1.29, 1.82) is 0 Å². The number of carbonyl (C=O) groups is 3. The topological polar surface area (TPSA) is 79.4 Å². The molecule has 4 rings (SSSR count). The molecule has 6 nitrogen and oxygen atoms in total. The predicted octanol–water partition coefficient (Wildman–Crippen LogP) is 3.88. The molecule has 0 bridgehead atoms. The SMILES string of the molecule is O=C(CCN1C(=O)c2ccccc2C1=O)Nc1ccnc2c(C(F)(F)F)cccc12. The Morgan fingerprint density at radius 3 is 2.27 bits per heavy atom. The van der Waals surface area contributed by atoms with Crippen LogP contribution in [-0.4, -0.2) is 34.2 Å². The van der Waals surface area contributed by atoms with E-state index in [9.17, 15) is 27.6 Å². The maximum Gasteiger partial charge on any atom is 0.418 e. The predicted molar refractivity (Wildman–Crippen MR) is 102 cm³/mol. The third-order valence-electron chi connectivity index (χ3n) is 4.79. The molecule has 1 aliphatic heterocycles. The Hall–Kier alpha value is -3.75. The lowest BCUT2D eigenvalue weighted by atomic mass is 10.1. The van der Waals surface area contributed by atoms with Crippen molar-refractivity contribution in [1.82, 2.24) is 9.88 Å². The molecule has 2 aromatic carbocycles. The van der Waals surface area contributed by atoms with Crippen LogP contribution in [0, 0.1) is 0 Å². The Bertz CT molecular complexity index is 1160. The summed E-state index contributed by atoms with van der Waals surface area (Å²) < 4.78 is 39.6. The third-order valence-corrected chi connectivity index (χ3v) is 4.79. The number of pyridine rings is 1. The minimum absolute atomic E-state index is 0.140. The van der Waals surface area contributed by atoms with Crippen LogP contribution in [-0.2, 0) is 11.0 Å². The Labute approximate surface area is 168 Å². The van der Waals surface area contributed by atoms with Crippen molar-refractivity contribution in [3.8, 4) is 0 Å². The molecule has 0 radical (unpaired) electrons. The van der Waals surface area contributed by atoms with E-state index in [1.165, 1.54) is 36.5 Å². The number of amides is 3. The highest BCUT2D eigenvalue weighted by atomic mass is 19.4. The highest BCUT2D eigenvalue weighted by Crippen LogP contribution is 2.35. The van der Waals surface area contributed by atoms with Gasteiger partial charge >= 0.3 is 6.18 Å². The summed E-state index contributed by atoms with van der Waals surface area (Å²) in [6, 6.07) is 11.3. The van der Waals surface area contributed by atoms with Gasteiger partial charge in [-0.05, 0) is 24.3 Å². The fraction of sp³-hybridized carbons (Fsp3) is 0.143. The molecule has 9 heteroatoms. The Morgan fingerprint density at radius 1 is 0.967 bits per heavy atom. The molecule has 1 aromatic heterocycles. The average molecular weight is 413 g/mol. The first-order valence-corrected chi connectivity index (χ1v) is 8.97. The molecule has 1 aliphatic rings. The lowest BCUT2D eigenvalue weighted by Gasteiger charge is -2.15. The fourth-order valence-corrected chi connectivity index (χ4v) is 3.38. The first-order valence-electron chi connectivity index (χ1n) is 8.97. The minimum atomic E-state index is -4.58. The minimum Gasteiger partial charge on any atom is -0.325 e. The average Bonchev–Trinajstić information content (AvgIpc) is 2.96. The smallest absolute Gasteiger partial charge is 0.325 e. The van der Waals surface area contributed by atoms with Crippen molar-refractivity contribution < 1.29 is 27.6 Å². The molecule has 0 aliphatic carbocycles. The monoisotopic (exact) mass is 413 g/mol. The van der Waals surface area contributed by atoms with Gasteiger partial charge in [-0.15, -0.1) is 0 Å². The number of rotatable bonds is 4. The third kappa shape index (κ3) is 3.38. The van der Waals surface area contributed by atoms with E-state index in [2.05, 4.69) is 10.3 Å². The molecule has 0 unspecified atom stereocenters. The number of hydrogen-bond acceptors (Lipinski definition) is 4. The lowest BCUT2D eigenvalue weighted by Crippen LogP contribution is -2.32. The quantitative estimate of drug-likeness (QED) is 0.659. The maximum absolute atomic E-state index is 13.2. The number of alkyl halides is 3. The number of carbonyl (C=O) groups excluding carboxylic acids is 3. The van der Waals surface area contributed by atoms with Crippen LogP contribution in [0.5, 0.6) is 0 Å². The number of aromatic nitrogens is 1. The highest BCUT2D eigenvalue weighted by molar-refractivity contribution is 6.21. The molecule has 30 heavy (non-hydrogen) atoms. The number of imide groups is 1. The molecule has 152 valence electrons. The van der Waals surface area contributed by atoms with Crippen molar-refractivity contribution in [2.75, 3.05) is 11.9 Å². The van der Waals surface area contributed by atoms with Gasteiger partial charge in [0, 0.05) is 24.5 Å². The molecular weight excluding hydrogens is 399 g/mol. The van der Waals surface area contributed by atoms with Crippen LogP contribution in [0.4, 0.5) is 18.9 Å². The van der Waals surface area contributed by atoms with Gasteiger partial charge in [0.05, 0.1) is 27.9 Å². The zero-order valence-corrected chi connectivity index (χ0v) is 15.4. The first kappa shape index (κ1) is 19.6. The van der Waals surface area contributed by atoms with Crippen LogP contribution < -0.4 is 5.32 Å². The summed E-state index contributed by atoms with van der Waals surface area (Å²) >= 11 is 0. The van der Waals surface area contributed by atoms with Crippen molar-refractivity contribution in [2.24, 2.45) is 0 Å². The molecule has 0 atom stereocenters. The highest BCUT2D eigenvalue weighted by Gasteiger charge is 2.35. The van der Waals surface area contributed by atoms with Gasteiger partial charge in [0.1, 0.15) is 0 Å². The van der Waals surface area contributed by atoms with E-state index >= 15 is 0 Å². The van der Waals surface area contributed by atoms with E-state index < -0.39 is 29.5 Å². The second kappa shape index (κ2) is 7.25. The molecule has 0 spiro atoms. The Kier molecular flexibility index (Phi) is 4.73. The molecule has 1 N–H and O–H groups in total. The zero-order valence-electron chi connectivity index (χ0n) is 15.4. The van der Waals surface area contributed by atoms with Gasteiger partial charge in [-0.3, -0.25) is 24.3 Å². The molecule has 0 fully saturated rings. The summed E-state index contributed by atoms with van der Waals surface area (Å²) in [4.78, 5) is 41.8. The van der Waals surface area contributed by atoms with Gasteiger partial charge in [-0.2, -0.15) is 13.2 Å². The summed E-state index contributed by atoms with van der Waals surface area (Å²) in [7, 11) is 0. The second-order valence-electron chi connectivity index (χ2n) is 6.66. The number of nitrogens with zero attached hydrogens (tertiary/aromatic N) is 2. The van der Waals surface area contributed by atoms with E-state index in [1.807, 2.05) is 0 Å². The van der Waals surface area contributed by atoms with E-state index in [0.29, 0.717) is 0 Å². The van der Waals surface area contributed by atoms with Gasteiger partial charge in [0.25, 0.3) is 11.8 Å². The van der Waals surface area contributed by atoms with Crippen molar-refractivity contribution in [3.63, 3.8) is 0 Å². The van der Waals surface area contributed by atoms with Crippen molar-refractivity contribution in [2.45, 2.75) is 12.6 Å². The molecule has 0 saturated heterocycles. The summed E-state index contributed by atoms with van der Waals surface area (Å²) in [6.45, 7) is -0.144. The first-order chi connectivity index (χ1) is 14.3. The molecule has 2 heterocycles. The largest absolute Gasteiger partial charge is 0.418 e. The van der Waals surface area contributed by atoms with Crippen molar-refractivity contribution >= 4 is 34.3 Å². The normalized spacial score (nSPS) is 13.6. The van der Waals surface area contributed by atoms with Gasteiger partial charge in [-0.25, -0.2) is 0 Å². The lowest BCUT2D eigenvalue weighted by molar-refractivity contribution is -0.136. The van der Waals surface area contributed by atoms with Crippen LogP contribution in [0.1, 0.15) is 32.7 Å². The van der Waals surface area contributed by atoms with E-state index in [-0.39, 0.29) is 40.7 Å². The van der Waals surface area contributed by atoms with Gasteiger partial charge in [-0.1, -0.05) is 24.3 Å². The molecular formula is C21H14F3N3O3. The van der Waals surface area contributed by atoms with E-state index in [0.717, 1.165) is 11.0 Å². The van der Waals surface area contributed by atoms with Crippen molar-refractivity contribution in [3.05, 3.63) is 71.4 Å². The van der Waals surface area contributed by atoms with Crippen LogP contribution in [0.25, 0.3) is 10.9 Å². The number of nitrogens with one attached hydrogen (secondary N) is 1. The Balaban J connectivity index is 1.50. The number of hydrogen-bond donors (Lipinski definition) is 1. The van der Waals surface area contributed by atoms with E-state index in [1.54, 1.807) is 12.1 Å². The number of benzene rings is 2. The molecule has 0 saturated carbocycles. The summed E-state index contributed by atoms with van der Waals surface area (Å²) in [5.74, 6) is -1.50. The second-order valence-corrected chi connectivity index (χ2v) is 6.66. The number of para-hydroxylation sites is 1. The zero-order chi connectivity index (χ0) is 21.5. The fourth-order valence-electron chi connectivity index (χ4n) is 3.38. The summed E-state index contributed by atoms with van der Waals surface area (Å²) in [5, 5.41) is 2.68. The van der Waals surface area contributed by atoms with Crippen LogP contribution in [0.2, 0.25) is 0 Å². The van der Waals surface area contributed by atoms with Gasteiger partial charge in [0.15, 0.2) is 0 Å². The Morgan fingerprint density at radius 2 is 1.63 bits per heavy atom. The number of anilines is 1.